The topological polar surface area (TPSA) is 70.4 Å². The minimum absolute atomic E-state index is 0.286. The number of cyclic esters (lactones) is 1. The van der Waals surface area contributed by atoms with Gasteiger partial charge in [-0.05, 0) is 38.1 Å². The summed E-state index contributed by atoms with van der Waals surface area (Å²) in [4.78, 5) is 23.4. The smallest absolute Gasteiger partial charge is 0.347 e. The van der Waals surface area contributed by atoms with Crippen molar-refractivity contribution in [1.29, 1.82) is 0 Å². The zero-order valence-corrected chi connectivity index (χ0v) is 13.5. The largest absolute Gasteiger partial charge is 0.463 e. The number of hydrogen-bond donors (Lipinski definition) is 0. The van der Waals surface area contributed by atoms with Crippen LogP contribution in [0.1, 0.15) is 28.2 Å². The van der Waals surface area contributed by atoms with E-state index in [0.29, 0.717) is 17.0 Å². The summed E-state index contributed by atoms with van der Waals surface area (Å²) in [7, 11) is 0. The van der Waals surface area contributed by atoms with Gasteiger partial charge in [0.2, 0.25) is 6.10 Å². The predicted octanol–water partition coefficient (Wildman–Crippen LogP) is 2.61. The standard InChI is InChI=1S/C16H15ClN2O4/c1-9-14(17)10(2)19(18-9)12-5-3-11(4-6-12)15(20)23-13-7-8-22-16(13)21/h3-6,13H,7-8H2,1-2H3/t13-/m0/s1. The van der Waals surface area contributed by atoms with Crippen molar-refractivity contribution in [1.82, 2.24) is 9.78 Å². The summed E-state index contributed by atoms with van der Waals surface area (Å²) in [5, 5.41) is 4.97. The van der Waals surface area contributed by atoms with E-state index < -0.39 is 18.0 Å². The first kappa shape index (κ1) is 15.6. The molecule has 120 valence electrons. The molecular weight excluding hydrogens is 320 g/mol. The molecule has 23 heavy (non-hydrogen) atoms. The lowest BCUT2D eigenvalue weighted by Gasteiger charge is -2.09. The summed E-state index contributed by atoms with van der Waals surface area (Å²) in [6, 6.07) is 6.75. The van der Waals surface area contributed by atoms with Crippen LogP contribution in [0.15, 0.2) is 24.3 Å². The molecule has 3 rings (SSSR count). The van der Waals surface area contributed by atoms with Crippen LogP contribution >= 0.6 is 11.6 Å². The number of carbonyl (C=O) groups is 2. The Bertz CT molecular complexity index is 767. The molecule has 1 aliphatic rings. The monoisotopic (exact) mass is 334 g/mol. The molecule has 0 N–H and O–H groups in total. The van der Waals surface area contributed by atoms with Gasteiger partial charge in [-0.15, -0.1) is 0 Å². The van der Waals surface area contributed by atoms with Crippen LogP contribution in [0.3, 0.4) is 0 Å². The minimum Gasteiger partial charge on any atom is -0.463 e. The maximum atomic E-state index is 12.0. The summed E-state index contributed by atoms with van der Waals surface area (Å²) in [6.45, 7) is 3.99. The number of nitrogens with zero attached hydrogens (tertiary/aromatic N) is 2. The van der Waals surface area contributed by atoms with Crippen LogP contribution in [0.2, 0.25) is 5.02 Å². The molecule has 1 fully saturated rings. The molecule has 0 aliphatic carbocycles. The van der Waals surface area contributed by atoms with Gasteiger partial charge in [-0.2, -0.15) is 5.10 Å². The summed E-state index contributed by atoms with van der Waals surface area (Å²) >= 11 is 6.14. The van der Waals surface area contributed by atoms with Gasteiger partial charge < -0.3 is 9.47 Å². The highest BCUT2D eigenvalue weighted by atomic mass is 35.5. The van der Waals surface area contributed by atoms with E-state index >= 15 is 0 Å². The van der Waals surface area contributed by atoms with Crippen molar-refractivity contribution >= 4 is 23.5 Å². The molecule has 0 spiro atoms. The second-order valence-corrected chi connectivity index (χ2v) is 5.67. The van der Waals surface area contributed by atoms with Crippen LogP contribution in [0.25, 0.3) is 5.69 Å². The van der Waals surface area contributed by atoms with Gasteiger partial charge in [-0.25, -0.2) is 14.3 Å². The van der Waals surface area contributed by atoms with Crippen LogP contribution in [0.4, 0.5) is 0 Å². The Labute approximate surface area is 137 Å². The predicted molar refractivity (Wildman–Crippen MR) is 82.8 cm³/mol. The fraction of sp³-hybridized carbons (Fsp3) is 0.312. The summed E-state index contributed by atoms with van der Waals surface area (Å²) < 4.78 is 11.6. The van der Waals surface area contributed by atoms with Gasteiger partial charge in [0.1, 0.15) is 0 Å². The van der Waals surface area contributed by atoms with E-state index in [4.69, 9.17) is 21.1 Å². The molecular formula is C16H15ClN2O4. The van der Waals surface area contributed by atoms with Crippen molar-refractivity contribution in [2.45, 2.75) is 26.4 Å². The molecule has 0 unspecified atom stereocenters. The molecule has 1 saturated heterocycles. The molecule has 7 heteroatoms. The Morgan fingerprint density at radius 1 is 1.35 bits per heavy atom. The van der Waals surface area contributed by atoms with Crippen LogP contribution in [0, 0.1) is 13.8 Å². The number of aromatic nitrogens is 2. The Balaban J connectivity index is 1.77. The molecule has 1 atom stereocenters. The van der Waals surface area contributed by atoms with Gasteiger partial charge in [0.25, 0.3) is 0 Å². The highest BCUT2D eigenvalue weighted by Gasteiger charge is 2.30. The molecule has 1 aliphatic heterocycles. The molecule has 2 aromatic rings. The molecule has 0 radical (unpaired) electrons. The summed E-state index contributed by atoms with van der Waals surface area (Å²) in [6.07, 6.45) is -0.413. The van der Waals surface area contributed by atoms with Gasteiger partial charge in [-0.3, -0.25) is 0 Å². The molecule has 0 saturated carbocycles. The van der Waals surface area contributed by atoms with Crippen LogP contribution in [-0.4, -0.2) is 34.4 Å². The number of benzene rings is 1. The number of hydrogen-bond acceptors (Lipinski definition) is 5. The summed E-state index contributed by atoms with van der Waals surface area (Å²) in [5.74, 6) is -1.04. The lowest BCUT2D eigenvalue weighted by atomic mass is 10.2. The SMILES string of the molecule is Cc1nn(-c2ccc(C(=O)O[C@H]3CCOC3=O)cc2)c(C)c1Cl. The van der Waals surface area contributed by atoms with Crippen LogP contribution in [0.5, 0.6) is 0 Å². The Morgan fingerprint density at radius 3 is 2.57 bits per heavy atom. The zero-order chi connectivity index (χ0) is 16.6. The molecule has 2 heterocycles. The average molecular weight is 335 g/mol. The molecule has 1 aromatic carbocycles. The third-order valence-corrected chi connectivity index (χ3v) is 4.23. The molecule has 0 bridgehead atoms. The third kappa shape index (κ3) is 2.94. The fourth-order valence-electron chi connectivity index (χ4n) is 2.40. The maximum Gasteiger partial charge on any atom is 0.347 e. The highest BCUT2D eigenvalue weighted by Crippen LogP contribution is 2.22. The van der Waals surface area contributed by atoms with Gasteiger partial charge in [-0.1, -0.05) is 11.6 Å². The summed E-state index contributed by atoms with van der Waals surface area (Å²) in [5.41, 5.74) is 2.72. The minimum atomic E-state index is -0.808. The van der Waals surface area contributed by atoms with Crippen molar-refractivity contribution in [3.05, 3.63) is 46.2 Å². The average Bonchev–Trinajstić information content (AvgIpc) is 3.06. The second kappa shape index (κ2) is 6.04. The second-order valence-electron chi connectivity index (χ2n) is 5.29. The van der Waals surface area contributed by atoms with E-state index in [9.17, 15) is 9.59 Å². The Morgan fingerprint density at radius 2 is 2.04 bits per heavy atom. The first-order valence-corrected chi connectivity index (χ1v) is 7.55. The number of rotatable bonds is 3. The van der Waals surface area contributed by atoms with Gasteiger partial charge >= 0.3 is 11.9 Å². The lowest BCUT2D eigenvalue weighted by Crippen LogP contribution is -2.22. The van der Waals surface area contributed by atoms with Gasteiger partial charge in [0.05, 0.1) is 34.3 Å². The number of ether oxygens (including phenoxy) is 2. The number of esters is 2. The third-order valence-electron chi connectivity index (χ3n) is 3.69. The lowest BCUT2D eigenvalue weighted by molar-refractivity contribution is -0.145. The molecule has 1 aromatic heterocycles. The van der Waals surface area contributed by atoms with Gasteiger partial charge in [0, 0.05) is 6.42 Å². The van der Waals surface area contributed by atoms with E-state index in [-0.39, 0.29) is 6.61 Å². The van der Waals surface area contributed by atoms with E-state index in [0.717, 1.165) is 17.1 Å². The fourth-order valence-corrected chi connectivity index (χ4v) is 2.51. The molecule has 6 nitrogen and oxygen atoms in total. The van der Waals surface area contributed by atoms with Crippen molar-refractivity contribution < 1.29 is 19.1 Å². The van der Waals surface area contributed by atoms with E-state index in [1.807, 2.05) is 13.8 Å². The van der Waals surface area contributed by atoms with Crippen molar-refractivity contribution in [3.8, 4) is 5.69 Å². The molecule has 0 amide bonds. The first-order valence-electron chi connectivity index (χ1n) is 7.17. The Hall–Kier alpha value is -2.34. The maximum absolute atomic E-state index is 12.0. The van der Waals surface area contributed by atoms with Crippen molar-refractivity contribution in [3.63, 3.8) is 0 Å². The first-order chi connectivity index (χ1) is 11.0. The van der Waals surface area contributed by atoms with Crippen molar-refractivity contribution in [2.75, 3.05) is 6.61 Å². The number of halogens is 1. The number of aryl methyl sites for hydroxylation is 1. The quantitative estimate of drug-likeness (QED) is 0.807. The zero-order valence-electron chi connectivity index (χ0n) is 12.7. The van der Waals surface area contributed by atoms with Crippen molar-refractivity contribution in [2.24, 2.45) is 0 Å². The Kier molecular flexibility index (Phi) is 4.09. The van der Waals surface area contributed by atoms with Crippen LogP contribution in [-0.2, 0) is 14.3 Å². The van der Waals surface area contributed by atoms with E-state index in [1.54, 1.807) is 28.9 Å². The van der Waals surface area contributed by atoms with Crippen LogP contribution < -0.4 is 0 Å². The van der Waals surface area contributed by atoms with E-state index in [2.05, 4.69) is 5.10 Å². The van der Waals surface area contributed by atoms with E-state index in [1.165, 1.54) is 0 Å². The number of carbonyl (C=O) groups excluding carboxylic acids is 2. The normalized spacial score (nSPS) is 17.2. The highest BCUT2D eigenvalue weighted by molar-refractivity contribution is 6.31. The van der Waals surface area contributed by atoms with Gasteiger partial charge in [0.15, 0.2) is 0 Å².